The fourth-order valence-electron chi connectivity index (χ4n) is 4.04. The van der Waals surface area contributed by atoms with Crippen LogP contribution in [-0.2, 0) is 9.59 Å². The number of fused-ring (bicyclic) bond motifs is 2. The topological polar surface area (TPSA) is 136 Å². The molecule has 1 heterocycles. The molecule has 0 aromatic heterocycles. The molecule has 3 aromatic rings. The minimum Gasteiger partial charge on any atom is -0.478 e. The lowest BCUT2D eigenvalue weighted by molar-refractivity contribution is -0.132. The monoisotopic (exact) mass is 530 g/mol. The van der Waals surface area contributed by atoms with Crippen LogP contribution in [0.1, 0.15) is 57.2 Å². The van der Waals surface area contributed by atoms with E-state index in [1.165, 1.54) is 56.3 Å². The number of hydrogen-bond donors (Lipinski definition) is 2. The van der Waals surface area contributed by atoms with E-state index in [-0.39, 0.29) is 38.6 Å². The van der Waals surface area contributed by atoms with E-state index in [1.807, 2.05) is 0 Å². The summed E-state index contributed by atoms with van der Waals surface area (Å²) in [5, 5.41) is 19.7. The van der Waals surface area contributed by atoms with Crippen molar-refractivity contribution in [3.05, 3.63) is 80.3 Å². The Bertz CT molecular complexity index is 1390. The average Bonchev–Trinajstić information content (AvgIpc) is 2.78. The van der Waals surface area contributed by atoms with Gasteiger partial charge in [-0.2, -0.15) is 0 Å². The Morgan fingerprint density at radius 1 is 0.778 bits per heavy atom. The van der Waals surface area contributed by atoms with Crippen molar-refractivity contribution in [2.45, 2.75) is 19.8 Å². The van der Waals surface area contributed by atoms with E-state index in [0.717, 1.165) is 0 Å². The molecular weight excluding hydrogens is 515 g/mol. The van der Waals surface area contributed by atoms with Crippen LogP contribution >= 0.6 is 23.2 Å². The van der Waals surface area contributed by atoms with Crippen molar-refractivity contribution in [2.24, 2.45) is 0 Å². The van der Waals surface area contributed by atoms with Crippen LogP contribution in [0.25, 0.3) is 0 Å². The smallest absolute Gasteiger partial charge is 0.336 e. The van der Waals surface area contributed by atoms with E-state index in [9.17, 15) is 29.4 Å². The van der Waals surface area contributed by atoms with Gasteiger partial charge in [0.1, 0.15) is 11.5 Å². The highest BCUT2D eigenvalue weighted by molar-refractivity contribution is 6.32. The summed E-state index contributed by atoms with van der Waals surface area (Å²) in [6, 6.07) is 9.67. The Kier molecular flexibility index (Phi) is 6.62. The van der Waals surface area contributed by atoms with Crippen LogP contribution in [0.15, 0.2) is 42.5 Å². The van der Waals surface area contributed by atoms with Crippen molar-refractivity contribution in [1.29, 1.82) is 0 Å². The second kappa shape index (κ2) is 9.52. The summed E-state index contributed by atoms with van der Waals surface area (Å²) in [7, 11) is 0. The molecule has 9 nitrogen and oxygen atoms in total. The molecule has 0 saturated carbocycles. The lowest BCUT2D eigenvalue weighted by atomic mass is 9.79. The van der Waals surface area contributed by atoms with Gasteiger partial charge < -0.3 is 24.4 Å². The molecule has 0 atom stereocenters. The van der Waals surface area contributed by atoms with Gasteiger partial charge in [0.05, 0.1) is 21.2 Å². The maximum absolute atomic E-state index is 12.2. The number of ether oxygens (including phenoxy) is 3. The molecule has 0 unspecified atom stereocenters. The first-order chi connectivity index (χ1) is 17.0. The summed E-state index contributed by atoms with van der Waals surface area (Å²) in [6.45, 7) is 2.39. The highest BCUT2D eigenvalue weighted by Gasteiger charge is 2.35. The van der Waals surface area contributed by atoms with Crippen LogP contribution in [0, 0.1) is 0 Å². The Balaban J connectivity index is 2.05. The van der Waals surface area contributed by atoms with Gasteiger partial charge in [-0.3, -0.25) is 9.59 Å². The number of halogens is 2. The van der Waals surface area contributed by atoms with E-state index < -0.39 is 40.9 Å². The molecule has 0 saturated heterocycles. The van der Waals surface area contributed by atoms with Gasteiger partial charge in [0.2, 0.25) is 0 Å². The maximum atomic E-state index is 12.2. The number of hydrogen-bond acceptors (Lipinski definition) is 7. The molecule has 0 spiro atoms. The summed E-state index contributed by atoms with van der Waals surface area (Å²) >= 11 is 12.7. The number of carbonyl (C=O) groups is 4. The van der Waals surface area contributed by atoms with Crippen molar-refractivity contribution in [3.8, 4) is 23.0 Å². The fourth-order valence-corrected chi connectivity index (χ4v) is 4.46. The third-order valence-corrected chi connectivity index (χ3v) is 5.92. The Hall–Kier alpha value is -4.08. The van der Waals surface area contributed by atoms with Crippen LogP contribution in [0.3, 0.4) is 0 Å². The van der Waals surface area contributed by atoms with Gasteiger partial charge >= 0.3 is 23.9 Å². The average molecular weight is 531 g/mol. The van der Waals surface area contributed by atoms with E-state index >= 15 is 0 Å². The van der Waals surface area contributed by atoms with E-state index in [1.54, 1.807) is 0 Å². The first-order valence-corrected chi connectivity index (χ1v) is 11.0. The van der Waals surface area contributed by atoms with E-state index in [2.05, 4.69) is 0 Å². The number of carboxylic acid groups (broad SMARTS) is 2. The standard InChI is InChI=1S/C25H16Cl2O9/c1-10(28)34-20-8-18-14(6-16(20)26)22(12-4-3-5-13(24(30)31)23(12)25(32)33)15-7-17(27)21(35-11(2)29)9-19(15)36-18/h3-9,22H,1-2H3,(H,30,31)(H,32,33). The largest absolute Gasteiger partial charge is 0.478 e. The third kappa shape index (κ3) is 4.58. The Morgan fingerprint density at radius 2 is 1.28 bits per heavy atom. The van der Waals surface area contributed by atoms with Crippen LogP contribution in [0.4, 0.5) is 0 Å². The summed E-state index contributed by atoms with van der Waals surface area (Å²) in [6.07, 6.45) is 0. The Labute approximate surface area is 213 Å². The highest BCUT2D eigenvalue weighted by Crippen LogP contribution is 2.52. The predicted molar refractivity (Wildman–Crippen MR) is 127 cm³/mol. The van der Waals surface area contributed by atoms with Crippen molar-refractivity contribution in [2.75, 3.05) is 0 Å². The molecule has 4 rings (SSSR count). The predicted octanol–water partition coefficient (Wildman–Crippen LogP) is 5.53. The van der Waals surface area contributed by atoms with Crippen LogP contribution in [-0.4, -0.2) is 34.1 Å². The molecule has 11 heteroatoms. The van der Waals surface area contributed by atoms with Crippen molar-refractivity contribution >= 4 is 47.1 Å². The quantitative estimate of drug-likeness (QED) is 0.252. The Morgan fingerprint density at radius 3 is 1.69 bits per heavy atom. The number of carbonyl (C=O) groups excluding carboxylic acids is 2. The van der Waals surface area contributed by atoms with Gasteiger partial charge in [-0.1, -0.05) is 35.3 Å². The van der Waals surface area contributed by atoms with Gasteiger partial charge in [0.25, 0.3) is 0 Å². The molecule has 2 N–H and O–H groups in total. The molecule has 1 aliphatic rings. The van der Waals surface area contributed by atoms with Crippen molar-refractivity contribution in [3.63, 3.8) is 0 Å². The van der Waals surface area contributed by atoms with Gasteiger partial charge in [0.15, 0.2) is 11.5 Å². The normalized spacial score (nSPS) is 12.1. The molecule has 0 fully saturated rings. The van der Waals surface area contributed by atoms with E-state index in [0.29, 0.717) is 11.1 Å². The van der Waals surface area contributed by atoms with Gasteiger partial charge in [-0.25, -0.2) is 9.59 Å². The highest BCUT2D eigenvalue weighted by atomic mass is 35.5. The zero-order chi connectivity index (χ0) is 26.3. The molecule has 3 aromatic carbocycles. The molecule has 36 heavy (non-hydrogen) atoms. The van der Waals surface area contributed by atoms with Crippen LogP contribution < -0.4 is 14.2 Å². The number of carboxylic acids is 2. The number of benzene rings is 3. The van der Waals surface area contributed by atoms with E-state index in [4.69, 9.17) is 37.4 Å². The lowest BCUT2D eigenvalue weighted by Gasteiger charge is -2.31. The summed E-state index contributed by atoms with van der Waals surface area (Å²) < 4.78 is 16.3. The first kappa shape index (κ1) is 25.0. The molecular formula is C25H16Cl2O9. The zero-order valence-electron chi connectivity index (χ0n) is 18.6. The third-order valence-electron chi connectivity index (χ3n) is 5.33. The fraction of sp³-hybridized carbons (Fsp3) is 0.120. The minimum atomic E-state index is -1.46. The molecule has 184 valence electrons. The second-order valence-electron chi connectivity index (χ2n) is 7.74. The van der Waals surface area contributed by atoms with Gasteiger partial charge in [0, 0.05) is 43.0 Å². The van der Waals surface area contributed by atoms with Crippen LogP contribution in [0.5, 0.6) is 23.0 Å². The zero-order valence-corrected chi connectivity index (χ0v) is 20.1. The van der Waals surface area contributed by atoms with Crippen LogP contribution in [0.2, 0.25) is 10.0 Å². The molecule has 1 aliphatic heterocycles. The first-order valence-electron chi connectivity index (χ1n) is 10.3. The van der Waals surface area contributed by atoms with Gasteiger partial charge in [-0.15, -0.1) is 0 Å². The van der Waals surface area contributed by atoms with Gasteiger partial charge in [-0.05, 0) is 23.8 Å². The maximum Gasteiger partial charge on any atom is 0.336 e. The molecule has 0 amide bonds. The second-order valence-corrected chi connectivity index (χ2v) is 8.56. The number of esters is 2. The molecule has 0 bridgehead atoms. The molecule has 0 aliphatic carbocycles. The van der Waals surface area contributed by atoms with Crippen molar-refractivity contribution < 1.29 is 43.6 Å². The SMILES string of the molecule is CC(=O)Oc1cc2c(cc1Cl)C(c1cccc(C(=O)O)c1C(=O)O)c1cc(Cl)c(OC(C)=O)cc1O2. The molecule has 0 radical (unpaired) electrons. The summed E-state index contributed by atoms with van der Waals surface area (Å²) in [5.74, 6) is -4.75. The lowest BCUT2D eigenvalue weighted by Crippen LogP contribution is -2.18. The minimum absolute atomic E-state index is 0.00275. The summed E-state index contributed by atoms with van der Waals surface area (Å²) in [5.41, 5.74) is 0.00400. The van der Waals surface area contributed by atoms with Crippen molar-refractivity contribution in [1.82, 2.24) is 0 Å². The summed E-state index contributed by atoms with van der Waals surface area (Å²) in [4.78, 5) is 47.1. The number of rotatable bonds is 5. The number of aromatic carboxylic acids is 2.